The summed E-state index contributed by atoms with van der Waals surface area (Å²) in [5, 5.41) is 0. The molecule has 0 radical (unpaired) electrons. The Morgan fingerprint density at radius 3 is 2.05 bits per heavy atom. The molecular formula is C18H20O4. The quantitative estimate of drug-likeness (QED) is 0.580. The SMILES string of the molecule is COCOc1ccc(-c2ccc(CCC(=O)OC)cc2)cc1. The molecule has 0 spiro atoms. The van der Waals surface area contributed by atoms with Gasteiger partial charge in [-0.2, -0.15) is 0 Å². The van der Waals surface area contributed by atoms with Gasteiger partial charge in [0.25, 0.3) is 0 Å². The molecule has 0 unspecified atom stereocenters. The lowest BCUT2D eigenvalue weighted by molar-refractivity contribution is -0.140. The molecule has 0 bridgehead atoms. The number of benzene rings is 2. The largest absolute Gasteiger partial charge is 0.469 e. The molecule has 0 aliphatic carbocycles. The zero-order valence-electron chi connectivity index (χ0n) is 12.9. The van der Waals surface area contributed by atoms with E-state index in [1.54, 1.807) is 7.11 Å². The summed E-state index contributed by atoms with van der Waals surface area (Å²) in [6.45, 7) is 0.244. The number of rotatable bonds is 7. The van der Waals surface area contributed by atoms with Gasteiger partial charge < -0.3 is 14.2 Å². The maximum Gasteiger partial charge on any atom is 0.305 e. The maximum atomic E-state index is 11.1. The number of carbonyl (C=O) groups excluding carboxylic acids is 1. The highest BCUT2D eigenvalue weighted by molar-refractivity contribution is 5.69. The van der Waals surface area contributed by atoms with E-state index in [0.717, 1.165) is 22.4 Å². The van der Waals surface area contributed by atoms with E-state index in [1.807, 2.05) is 36.4 Å². The van der Waals surface area contributed by atoms with E-state index in [2.05, 4.69) is 16.9 Å². The van der Waals surface area contributed by atoms with Crippen LogP contribution in [0.1, 0.15) is 12.0 Å². The van der Waals surface area contributed by atoms with E-state index in [1.165, 1.54) is 7.11 Å². The molecule has 0 amide bonds. The number of methoxy groups -OCH3 is 2. The van der Waals surface area contributed by atoms with E-state index in [4.69, 9.17) is 9.47 Å². The Balaban J connectivity index is 1.99. The van der Waals surface area contributed by atoms with Gasteiger partial charge in [-0.1, -0.05) is 36.4 Å². The van der Waals surface area contributed by atoms with Crippen molar-refractivity contribution in [2.75, 3.05) is 21.0 Å². The zero-order valence-corrected chi connectivity index (χ0v) is 12.9. The van der Waals surface area contributed by atoms with E-state index in [0.29, 0.717) is 12.8 Å². The second kappa shape index (κ2) is 8.20. The fourth-order valence-corrected chi connectivity index (χ4v) is 2.08. The standard InChI is InChI=1S/C18H20O4/c1-20-13-22-17-10-8-16(9-11-17)15-6-3-14(4-7-15)5-12-18(19)21-2/h3-4,6-11H,5,12-13H2,1-2H3. The van der Waals surface area contributed by atoms with Gasteiger partial charge in [0, 0.05) is 13.5 Å². The van der Waals surface area contributed by atoms with E-state index in [-0.39, 0.29) is 12.8 Å². The Labute approximate surface area is 130 Å². The van der Waals surface area contributed by atoms with Crippen molar-refractivity contribution in [2.45, 2.75) is 12.8 Å². The van der Waals surface area contributed by atoms with Crippen LogP contribution >= 0.6 is 0 Å². The monoisotopic (exact) mass is 300 g/mol. The minimum atomic E-state index is -0.185. The highest BCUT2D eigenvalue weighted by Gasteiger charge is 2.03. The fraction of sp³-hybridized carbons (Fsp3) is 0.278. The van der Waals surface area contributed by atoms with Crippen LogP contribution in [0.4, 0.5) is 0 Å². The second-order valence-electron chi connectivity index (χ2n) is 4.85. The molecule has 0 aliphatic rings. The van der Waals surface area contributed by atoms with Gasteiger partial charge in [0.15, 0.2) is 6.79 Å². The van der Waals surface area contributed by atoms with Crippen molar-refractivity contribution in [3.8, 4) is 16.9 Å². The van der Waals surface area contributed by atoms with Crippen molar-refractivity contribution < 1.29 is 19.0 Å². The molecule has 4 nitrogen and oxygen atoms in total. The molecule has 0 N–H and O–H groups in total. The third-order valence-electron chi connectivity index (χ3n) is 3.33. The summed E-state index contributed by atoms with van der Waals surface area (Å²) >= 11 is 0. The fourth-order valence-electron chi connectivity index (χ4n) is 2.08. The number of aryl methyl sites for hydroxylation is 1. The molecular weight excluding hydrogens is 280 g/mol. The van der Waals surface area contributed by atoms with Crippen LogP contribution in [0.5, 0.6) is 5.75 Å². The predicted octanol–water partition coefficient (Wildman–Crippen LogP) is 3.44. The molecule has 0 aromatic heterocycles. The van der Waals surface area contributed by atoms with E-state index < -0.39 is 0 Å². The average molecular weight is 300 g/mol. The van der Waals surface area contributed by atoms with Gasteiger partial charge in [0.05, 0.1) is 7.11 Å². The molecule has 0 atom stereocenters. The molecule has 0 fully saturated rings. The summed E-state index contributed by atoms with van der Waals surface area (Å²) in [6.07, 6.45) is 1.10. The molecule has 0 saturated heterocycles. The minimum absolute atomic E-state index is 0.185. The van der Waals surface area contributed by atoms with Crippen LogP contribution < -0.4 is 4.74 Å². The van der Waals surface area contributed by atoms with Crippen LogP contribution in [0.15, 0.2) is 48.5 Å². The Kier molecular flexibility index (Phi) is 5.98. The Bertz CT molecular complexity index is 587. The lowest BCUT2D eigenvalue weighted by Crippen LogP contribution is -2.01. The van der Waals surface area contributed by atoms with Gasteiger partial charge in [-0.25, -0.2) is 0 Å². The molecule has 0 saturated carbocycles. The van der Waals surface area contributed by atoms with Gasteiger partial charge in [-0.05, 0) is 35.2 Å². The first-order chi connectivity index (χ1) is 10.7. The van der Waals surface area contributed by atoms with Gasteiger partial charge in [-0.15, -0.1) is 0 Å². The van der Waals surface area contributed by atoms with Crippen molar-refractivity contribution >= 4 is 5.97 Å². The highest BCUT2D eigenvalue weighted by atomic mass is 16.7. The molecule has 116 valence electrons. The normalized spacial score (nSPS) is 10.3. The van der Waals surface area contributed by atoms with Gasteiger partial charge >= 0.3 is 5.97 Å². The van der Waals surface area contributed by atoms with Gasteiger partial charge in [0.2, 0.25) is 0 Å². The topological polar surface area (TPSA) is 44.8 Å². The maximum absolute atomic E-state index is 11.1. The van der Waals surface area contributed by atoms with Crippen molar-refractivity contribution in [2.24, 2.45) is 0 Å². The molecule has 0 aliphatic heterocycles. The Hall–Kier alpha value is -2.33. The van der Waals surface area contributed by atoms with E-state index >= 15 is 0 Å². The zero-order chi connectivity index (χ0) is 15.8. The molecule has 4 heteroatoms. The van der Waals surface area contributed by atoms with Crippen LogP contribution in [0.2, 0.25) is 0 Å². The summed E-state index contributed by atoms with van der Waals surface area (Å²) in [6, 6.07) is 16.0. The van der Waals surface area contributed by atoms with Crippen molar-refractivity contribution in [1.29, 1.82) is 0 Å². The first-order valence-electron chi connectivity index (χ1n) is 7.11. The second-order valence-corrected chi connectivity index (χ2v) is 4.85. The molecule has 22 heavy (non-hydrogen) atoms. The van der Waals surface area contributed by atoms with Crippen LogP contribution in [0.25, 0.3) is 11.1 Å². The predicted molar refractivity (Wildman–Crippen MR) is 84.7 cm³/mol. The molecule has 2 aromatic rings. The van der Waals surface area contributed by atoms with Crippen LogP contribution in [0.3, 0.4) is 0 Å². The first kappa shape index (κ1) is 16.0. The number of carbonyl (C=O) groups is 1. The molecule has 0 heterocycles. The van der Waals surface area contributed by atoms with Crippen molar-refractivity contribution in [1.82, 2.24) is 0 Å². The summed E-state index contributed by atoms with van der Waals surface area (Å²) in [5.41, 5.74) is 3.36. The molecule has 2 aromatic carbocycles. The van der Waals surface area contributed by atoms with Crippen LogP contribution in [-0.4, -0.2) is 27.0 Å². The Morgan fingerprint density at radius 2 is 1.50 bits per heavy atom. The number of hydrogen-bond acceptors (Lipinski definition) is 4. The summed E-state index contributed by atoms with van der Waals surface area (Å²) in [5.74, 6) is 0.594. The summed E-state index contributed by atoms with van der Waals surface area (Å²) in [7, 11) is 3.00. The molecule has 2 rings (SSSR count). The van der Waals surface area contributed by atoms with Crippen molar-refractivity contribution in [3.05, 3.63) is 54.1 Å². The minimum Gasteiger partial charge on any atom is -0.469 e. The number of esters is 1. The lowest BCUT2D eigenvalue weighted by Gasteiger charge is -2.07. The van der Waals surface area contributed by atoms with Gasteiger partial charge in [-0.3, -0.25) is 4.79 Å². The third kappa shape index (κ3) is 4.60. The third-order valence-corrected chi connectivity index (χ3v) is 3.33. The number of ether oxygens (including phenoxy) is 3. The summed E-state index contributed by atoms with van der Waals surface area (Å²) < 4.78 is 14.9. The van der Waals surface area contributed by atoms with Crippen LogP contribution in [-0.2, 0) is 20.7 Å². The van der Waals surface area contributed by atoms with E-state index in [9.17, 15) is 4.79 Å². The number of hydrogen-bond donors (Lipinski definition) is 0. The lowest BCUT2D eigenvalue weighted by atomic mass is 10.0. The highest BCUT2D eigenvalue weighted by Crippen LogP contribution is 2.23. The Morgan fingerprint density at radius 1 is 0.909 bits per heavy atom. The average Bonchev–Trinajstić information content (AvgIpc) is 2.58. The van der Waals surface area contributed by atoms with Gasteiger partial charge in [0.1, 0.15) is 5.75 Å². The smallest absolute Gasteiger partial charge is 0.305 e. The van der Waals surface area contributed by atoms with Crippen LogP contribution in [0, 0.1) is 0 Å². The van der Waals surface area contributed by atoms with Crippen molar-refractivity contribution in [3.63, 3.8) is 0 Å². The first-order valence-corrected chi connectivity index (χ1v) is 7.11. The summed E-state index contributed by atoms with van der Waals surface area (Å²) in [4.78, 5) is 11.1.